The Morgan fingerprint density at radius 1 is 1.12 bits per heavy atom. The third-order valence-corrected chi connectivity index (χ3v) is 5.44. The Morgan fingerprint density at radius 2 is 1.84 bits per heavy atom. The average Bonchev–Trinajstić information content (AvgIpc) is 2.98. The van der Waals surface area contributed by atoms with Gasteiger partial charge in [0.05, 0.1) is 10.2 Å². The van der Waals surface area contributed by atoms with Gasteiger partial charge in [-0.2, -0.15) is 0 Å². The number of aromatic nitrogens is 1. The summed E-state index contributed by atoms with van der Waals surface area (Å²) in [5.74, 6) is -0.0230. The normalized spacial score (nSPS) is 11.2. The van der Waals surface area contributed by atoms with E-state index in [1.54, 1.807) is 16.2 Å². The van der Waals surface area contributed by atoms with Crippen LogP contribution in [0, 0.1) is 6.92 Å². The fourth-order valence-corrected chi connectivity index (χ4v) is 3.82. The highest BCUT2D eigenvalue weighted by molar-refractivity contribution is 9.10. The van der Waals surface area contributed by atoms with Crippen molar-refractivity contribution >= 4 is 48.5 Å². The van der Waals surface area contributed by atoms with Gasteiger partial charge in [-0.25, -0.2) is 4.98 Å². The highest BCUT2D eigenvalue weighted by Crippen LogP contribution is 2.30. The lowest BCUT2D eigenvalue weighted by Crippen LogP contribution is -2.36. The van der Waals surface area contributed by atoms with Gasteiger partial charge in [0.25, 0.3) is 5.91 Å². The van der Waals surface area contributed by atoms with Crippen molar-refractivity contribution in [2.24, 2.45) is 0 Å². The van der Waals surface area contributed by atoms with Crippen LogP contribution in [0.5, 0.6) is 0 Å². The molecule has 2 aromatic carbocycles. The smallest absolute Gasteiger partial charge is 0.260 e. The quantitative estimate of drug-likeness (QED) is 0.609. The summed E-state index contributed by atoms with van der Waals surface area (Å²) in [4.78, 5) is 21.6. The van der Waals surface area contributed by atoms with E-state index in [0.29, 0.717) is 12.1 Å². The van der Waals surface area contributed by atoms with Crippen LogP contribution < -0.4 is 4.90 Å². The number of nitrogens with zero attached hydrogens (tertiary/aromatic N) is 3. The Bertz CT molecular complexity index is 889. The maximum atomic E-state index is 13.1. The zero-order valence-electron chi connectivity index (χ0n) is 14.5. The molecule has 1 aromatic heterocycles. The van der Waals surface area contributed by atoms with Crippen LogP contribution in [0.2, 0.25) is 0 Å². The number of thiazole rings is 1. The molecule has 1 heterocycles. The number of fused-ring (bicyclic) bond motifs is 1. The summed E-state index contributed by atoms with van der Waals surface area (Å²) < 4.78 is 2.06. The van der Waals surface area contributed by atoms with Crippen LogP contribution in [0.4, 0.5) is 5.13 Å². The number of likely N-dealkylation sites (N-methyl/N-ethyl adjacent to an activating group) is 1. The number of carbonyl (C=O) groups excluding carboxylic acids is 1. The molecule has 0 aliphatic carbocycles. The van der Waals surface area contributed by atoms with Gasteiger partial charge in [0.15, 0.2) is 5.13 Å². The number of anilines is 1. The number of rotatable bonds is 5. The first kappa shape index (κ1) is 18.0. The van der Waals surface area contributed by atoms with Gasteiger partial charge in [-0.05, 0) is 63.0 Å². The predicted octanol–water partition coefficient (Wildman–Crippen LogP) is 4.58. The van der Waals surface area contributed by atoms with Crippen molar-refractivity contribution in [1.29, 1.82) is 0 Å². The van der Waals surface area contributed by atoms with Gasteiger partial charge < -0.3 is 4.90 Å². The summed E-state index contributed by atoms with van der Waals surface area (Å²) >= 11 is 4.98. The van der Waals surface area contributed by atoms with E-state index in [9.17, 15) is 4.79 Å². The molecule has 0 atom stereocenters. The first-order valence-electron chi connectivity index (χ1n) is 8.03. The summed E-state index contributed by atoms with van der Waals surface area (Å²) in [6, 6.07) is 13.6. The molecule has 0 aliphatic rings. The third kappa shape index (κ3) is 4.26. The molecule has 0 saturated carbocycles. The van der Waals surface area contributed by atoms with E-state index in [2.05, 4.69) is 33.8 Å². The van der Waals surface area contributed by atoms with Crippen LogP contribution in [0.15, 0.2) is 46.9 Å². The molecule has 3 rings (SSSR count). The standard InChI is InChI=1S/C19H20BrN3OS/c1-13-4-9-16-17(12-13)25-19(21-16)23(11-10-22(2)3)18(24)14-5-7-15(20)8-6-14/h4-9,12H,10-11H2,1-3H3. The first-order valence-corrected chi connectivity index (χ1v) is 9.64. The molecule has 0 aliphatic heterocycles. The van der Waals surface area contributed by atoms with E-state index in [1.165, 1.54) is 5.56 Å². The van der Waals surface area contributed by atoms with Crippen LogP contribution in [0.25, 0.3) is 10.2 Å². The number of aryl methyl sites for hydroxylation is 1. The van der Waals surface area contributed by atoms with Crippen molar-refractivity contribution in [2.45, 2.75) is 6.92 Å². The van der Waals surface area contributed by atoms with Gasteiger partial charge in [0, 0.05) is 23.1 Å². The van der Waals surface area contributed by atoms with E-state index < -0.39 is 0 Å². The minimum atomic E-state index is -0.0230. The van der Waals surface area contributed by atoms with Crippen molar-refractivity contribution in [3.05, 3.63) is 58.1 Å². The first-order chi connectivity index (χ1) is 11.9. The SMILES string of the molecule is Cc1ccc2nc(N(CCN(C)C)C(=O)c3ccc(Br)cc3)sc2c1. The zero-order chi connectivity index (χ0) is 18.0. The summed E-state index contributed by atoms with van der Waals surface area (Å²) in [6.45, 7) is 3.44. The molecule has 4 nitrogen and oxygen atoms in total. The van der Waals surface area contributed by atoms with Gasteiger partial charge in [0.1, 0.15) is 0 Å². The molecule has 6 heteroatoms. The fraction of sp³-hybridized carbons (Fsp3) is 0.263. The van der Waals surface area contributed by atoms with Crippen LogP contribution >= 0.6 is 27.3 Å². The summed E-state index contributed by atoms with van der Waals surface area (Å²) in [7, 11) is 4.01. The van der Waals surface area contributed by atoms with Crippen molar-refractivity contribution in [3.8, 4) is 0 Å². The lowest BCUT2D eigenvalue weighted by atomic mass is 10.2. The number of amides is 1. The van der Waals surface area contributed by atoms with Crippen LogP contribution in [0.1, 0.15) is 15.9 Å². The van der Waals surface area contributed by atoms with E-state index in [4.69, 9.17) is 4.98 Å². The fourth-order valence-electron chi connectivity index (χ4n) is 2.47. The molecule has 0 fully saturated rings. The Hall–Kier alpha value is -1.76. The number of benzene rings is 2. The highest BCUT2D eigenvalue weighted by atomic mass is 79.9. The summed E-state index contributed by atoms with van der Waals surface area (Å²) in [5, 5.41) is 0.746. The number of carbonyl (C=O) groups is 1. The molecule has 0 N–H and O–H groups in total. The van der Waals surface area contributed by atoms with Crippen molar-refractivity contribution < 1.29 is 4.79 Å². The Kier molecular flexibility index (Phi) is 5.51. The van der Waals surface area contributed by atoms with Crippen LogP contribution in [-0.4, -0.2) is 43.0 Å². The molecular formula is C19H20BrN3OS. The van der Waals surface area contributed by atoms with Crippen LogP contribution in [0.3, 0.4) is 0 Å². The Morgan fingerprint density at radius 3 is 2.52 bits per heavy atom. The number of halogens is 1. The number of hydrogen-bond donors (Lipinski definition) is 0. The zero-order valence-corrected chi connectivity index (χ0v) is 16.9. The molecule has 3 aromatic rings. The summed E-state index contributed by atoms with van der Waals surface area (Å²) in [5.41, 5.74) is 2.79. The second kappa shape index (κ2) is 7.64. The van der Waals surface area contributed by atoms with E-state index >= 15 is 0 Å². The highest BCUT2D eigenvalue weighted by Gasteiger charge is 2.21. The van der Waals surface area contributed by atoms with Crippen molar-refractivity contribution in [2.75, 3.05) is 32.1 Å². The molecule has 25 heavy (non-hydrogen) atoms. The van der Waals surface area contributed by atoms with Crippen molar-refractivity contribution in [1.82, 2.24) is 9.88 Å². The van der Waals surface area contributed by atoms with E-state index in [1.807, 2.05) is 50.5 Å². The predicted molar refractivity (Wildman–Crippen MR) is 109 cm³/mol. The summed E-state index contributed by atoms with van der Waals surface area (Å²) in [6.07, 6.45) is 0. The second-order valence-corrected chi connectivity index (χ2v) is 8.16. The second-order valence-electron chi connectivity index (χ2n) is 6.23. The average molecular weight is 418 g/mol. The number of hydrogen-bond acceptors (Lipinski definition) is 4. The van der Waals surface area contributed by atoms with Gasteiger partial charge in [-0.15, -0.1) is 0 Å². The molecule has 0 saturated heterocycles. The van der Waals surface area contributed by atoms with Crippen LogP contribution in [-0.2, 0) is 0 Å². The molecule has 0 bridgehead atoms. The maximum absolute atomic E-state index is 13.1. The lowest BCUT2D eigenvalue weighted by Gasteiger charge is -2.22. The molecule has 0 unspecified atom stereocenters. The molecular weight excluding hydrogens is 398 g/mol. The van der Waals surface area contributed by atoms with Gasteiger partial charge in [-0.1, -0.05) is 33.3 Å². The topological polar surface area (TPSA) is 36.4 Å². The molecule has 0 spiro atoms. The maximum Gasteiger partial charge on any atom is 0.260 e. The van der Waals surface area contributed by atoms with Gasteiger partial charge in [0.2, 0.25) is 0 Å². The third-order valence-electron chi connectivity index (χ3n) is 3.87. The molecule has 1 amide bonds. The Labute approximate surface area is 160 Å². The van der Waals surface area contributed by atoms with E-state index in [0.717, 1.165) is 26.4 Å². The minimum absolute atomic E-state index is 0.0230. The monoisotopic (exact) mass is 417 g/mol. The minimum Gasteiger partial charge on any atom is -0.308 e. The van der Waals surface area contributed by atoms with E-state index in [-0.39, 0.29) is 5.91 Å². The molecule has 0 radical (unpaired) electrons. The molecule has 130 valence electrons. The largest absolute Gasteiger partial charge is 0.308 e. The van der Waals surface area contributed by atoms with Gasteiger partial charge >= 0.3 is 0 Å². The lowest BCUT2D eigenvalue weighted by molar-refractivity contribution is 0.0985. The van der Waals surface area contributed by atoms with Crippen molar-refractivity contribution in [3.63, 3.8) is 0 Å². The Balaban J connectivity index is 1.97. The van der Waals surface area contributed by atoms with Gasteiger partial charge in [-0.3, -0.25) is 9.69 Å².